The van der Waals surface area contributed by atoms with E-state index in [1.165, 1.54) is 0 Å². The van der Waals surface area contributed by atoms with E-state index in [4.69, 9.17) is 4.74 Å². The van der Waals surface area contributed by atoms with Crippen LogP contribution in [0.2, 0.25) is 0 Å². The zero-order valence-corrected chi connectivity index (χ0v) is 13.6. The summed E-state index contributed by atoms with van der Waals surface area (Å²) in [6, 6.07) is 7.51. The summed E-state index contributed by atoms with van der Waals surface area (Å²) in [7, 11) is 4.04. The van der Waals surface area contributed by atoms with Gasteiger partial charge < -0.3 is 14.6 Å². The van der Waals surface area contributed by atoms with E-state index in [2.05, 4.69) is 28.1 Å². The average molecular weight is 310 g/mol. The second-order valence-electron chi connectivity index (χ2n) is 6.05. The molecule has 120 valence electrons. The van der Waals surface area contributed by atoms with Gasteiger partial charge in [-0.3, -0.25) is 4.79 Å². The van der Waals surface area contributed by atoms with Crippen LogP contribution in [0, 0.1) is 0 Å². The molecule has 1 aromatic heterocycles. The fraction of sp³-hybridized carbons (Fsp3) is 0.316. The third-order valence-electron chi connectivity index (χ3n) is 3.93. The van der Waals surface area contributed by atoms with Crippen LogP contribution in [0.25, 0.3) is 16.5 Å². The molecular weight excluding hydrogens is 288 g/mol. The van der Waals surface area contributed by atoms with E-state index < -0.39 is 0 Å². The summed E-state index contributed by atoms with van der Waals surface area (Å²) in [5.74, 6) is 0.827. The van der Waals surface area contributed by atoms with Crippen molar-refractivity contribution < 1.29 is 4.74 Å². The summed E-state index contributed by atoms with van der Waals surface area (Å²) >= 11 is 0. The molecule has 0 unspecified atom stereocenters. The van der Waals surface area contributed by atoms with Crippen LogP contribution in [0.4, 0.5) is 0 Å². The standard InChI is InChI=1S/C19H22N2O2/c1-21(2)10-11-23-15-8-9-18-17(12-15)16(13-19(22)20-18)14-6-4-3-5-7-14/h4,6-9,12-13H,3,5,10-11H2,1-2H3,(H,20,22). The zero-order chi connectivity index (χ0) is 16.2. The minimum absolute atomic E-state index is 0.0753. The molecule has 2 aromatic rings. The lowest BCUT2D eigenvalue weighted by atomic mass is 9.96. The van der Waals surface area contributed by atoms with Crippen molar-refractivity contribution in [2.45, 2.75) is 12.8 Å². The van der Waals surface area contributed by atoms with Gasteiger partial charge in [0, 0.05) is 23.5 Å². The van der Waals surface area contributed by atoms with Crippen LogP contribution in [0.5, 0.6) is 5.75 Å². The number of H-pyrrole nitrogens is 1. The van der Waals surface area contributed by atoms with Gasteiger partial charge in [-0.05, 0) is 56.3 Å². The summed E-state index contributed by atoms with van der Waals surface area (Å²) in [5, 5.41) is 1.02. The number of likely N-dealkylation sites (N-methyl/N-ethyl adjacent to an activating group) is 1. The Labute approximate surface area is 136 Å². The smallest absolute Gasteiger partial charge is 0.249 e. The fourth-order valence-electron chi connectivity index (χ4n) is 2.72. The molecule has 0 fully saturated rings. The molecule has 1 heterocycles. The molecule has 0 saturated heterocycles. The van der Waals surface area contributed by atoms with E-state index >= 15 is 0 Å². The van der Waals surface area contributed by atoms with Gasteiger partial charge in [0.05, 0.1) is 0 Å². The van der Waals surface area contributed by atoms with Crippen molar-refractivity contribution in [1.82, 2.24) is 9.88 Å². The average Bonchev–Trinajstić information content (AvgIpc) is 2.55. The highest BCUT2D eigenvalue weighted by Gasteiger charge is 2.09. The minimum Gasteiger partial charge on any atom is -0.492 e. The number of fused-ring (bicyclic) bond motifs is 1. The molecule has 0 aliphatic heterocycles. The van der Waals surface area contributed by atoms with Gasteiger partial charge in [-0.15, -0.1) is 0 Å². The Hall–Kier alpha value is -2.33. The van der Waals surface area contributed by atoms with E-state index in [-0.39, 0.29) is 5.56 Å². The Morgan fingerprint density at radius 3 is 2.83 bits per heavy atom. The van der Waals surface area contributed by atoms with Crippen LogP contribution in [0.1, 0.15) is 18.4 Å². The highest BCUT2D eigenvalue weighted by molar-refractivity contribution is 5.94. The van der Waals surface area contributed by atoms with Gasteiger partial charge in [0.2, 0.25) is 5.56 Å². The number of hydrogen-bond acceptors (Lipinski definition) is 3. The monoisotopic (exact) mass is 310 g/mol. The maximum Gasteiger partial charge on any atom is 0.249 e. The molecule has 0 spiro atoms. The first-order chi connectivity index (χ1) is 11.1. The van der Waals surface area contributed by atoms with Crippen molar-refractivity contribution in [2.24, 2.45) is 0 Å². The van der Waals surface area contributed by atoms with Crippen molar-refractivity contribution in [3.05, 3.63) is 58.4 Å². The molecule has 0 amide bonds. The van der Waals surface area contributed by atoms with Crippen LogP contribution in [0.15, 0.2) is 47.3 Å². The molecule has 0 bridgehead atoms. The van der Waals surface area contributed by atoms with Gasteiger partial charge in [0.25, 0.3) is 0 Å². The molecule has 0 saturated carbocycles. The number of hydrogen-bond donors (Lipinski definition) is 1. The van der Waals surface area contributed by atoms with E-state index in [1.54, 1.807) is 6.07 Å². The Balaban J connectivity index is 1.99. The minimum atomic E-state index is -0.0753. The predicted molar refractivity (Wildman–Crippen MR) is 95.0 cm³/mol. The molecular formula is C19H22N2O2. The van der Waals surface area contributed by atoms with Crippen molar-refractivity contribution in [2.75, 3.05) is 27.2 Å². The Kier molecular flexibility index (Phi) is 4.63. The van der Waals surface area contributed by atoms with E-state index in [0.717, 1.165) is 47.2 Å². The van der Waals surface area contributed by atoms with E-state index in [9.17, 15) is 4.79 Å². The first-order valence-electron chi connectivity index (χ1n) is 7.95. The zero-order valence-electron chi connectivity index (χ0n) is 13.6. The van der Waals surface area contributed by atoms with Gasteiger partial charge in [-0.25, -0.2) is 0 Å². The number of rotatable bonds is 5. The predicted octanol–water partition coefficient (Wildman–Crippen LogP) is 3.20. The molecule has 3 rings (SSSR count). The van der Waals surface area contributed by atoms with Gasteiger partial charge in [-0.2, -0.15) is 0 Å². The topological polar surface area (TPSA) is 45.3 Å². The molecule has 1 aromatic carbocycles. The third-order valence-corrected chi connectivity index (χ3v) is 3.93. The molecule has 1 aliphatic carbocycles. The largest absolute Gasteiger partial charge is 0.492 e. The van der Waals surface area contributed by atoms with Crippen LogP contribution < -0.4 is 10.3 Å². The number of benzene rings is 1. The second kappa shape index (κ2) is 6.84. The lowest BCUT2D eigenvalue weighted by Crippen LogP contribution is -2.19. The summed E-state index contributed by atoms with van der Waals surface area (Å²) < 4.78 is 5.83. The quantitative estimate of drug-likeness (QED) is 0.922. The lowest BCUT2D eigenvalue weighted by Gasteiger charge is -2.13. The first kappa shape index (κ1) is 15.6. The van der Waals surface area contributed by atoms with Gasteiger partial charge in [0.1, 0.15) is 12.4 Å². The van der Waals surface area contributed by atoms with Crippen LogP contribution in [-0.2, 0) is 0 Å². The normalized spacial score (nSPS) is 14.3. The number of aromatic nitrogens is 1. The number of nitrogens with one attached hydrogen (secondary N) is 1. The maximum absolute atomic E-state index is 11.9. The van der Waals surface area contributed by atoms with Crippen molar-refractivity contribution >= 4 is 16.5 Å². The molecule has 1 aliphatic rings. The highest BCUT2D eigenvalue weighted by atomic mass is 16.5. The van der Waals surface area contributed by atoms with Crippen LogP contribution in [0.3, 0.4) is 0 Å². The van der Waals surface area contributed by atoms with E-state index in [1.807, 2.05) is 32.3 Å². The lowest BCUT2D eigenvalue weighted by molar-refractivity contribution is 0.261. The van der Waals surface area contributed by atoms with Gasteiger partial charge in [-0.1, -0.05) is 18.2 Å². The van der Waals surface area contributed by atoms with Crippen molar-refractivity contribution in [3.63, 3.8) is 0 Å². The summed E-state index contributed by atoms with van der Waals surface area (Å²) in [4.78, 5) is 16.9. The Morgan fingerprint density at radius 1 is 1.22 bits per heavy atom. The summed E-state index contributed by atoms with van der Waals surface area (Å²) in [5.41, 5.74) is 2.84. The molecule has 4 heteroatoms. The van der Waals surface area contributed by atoms with Gasteiger partial charge >= 0.3 is 0 Å². The molecule has 0 atom stereocenters. The van der Waals surface area contributed by atoms with E-state index in [0.29, 0.717) is 6.61 Å². The van der Waals surface area contributed by atoms with Crippen molar-refractivity contribution in [1.29, 1.82) is 0 Å². The van der Waals surface area contributed by atoms with Gasteiger partial charge in [0.15, 0.2) is 0 Å². The second-order valence-corrected chi connectivity index (χ2v) is 6.05. The number of allylic oxidation sites excluding steroid dienone is 4. The van der Waals surface area contributed by atoms with Crippen LogP contribution >= 0.6 is 0 Å². The number of pyridine rings is 1. The van der Waals surface area contributed by atoms with Crippen LogP contribution in [-0.4, -0.2) is 37.1 Å². The SMILES string of the molecule is CN(C)CCOc1ccc2[nH]c(=O)cc(C3=CCCC=C3)c2c1. The maximum atomic E-state index is 11.9. The summed E-state index contributed by atoms with van der Waals surface area (Å²) in [6.45, 7) is 1.50. The molecule has 1 N–H and O–H groups in total. The summed E-state index contributed by atoms with van der Waals surface area (Å²) in [6.07, 6.45) is 8.51. The number of aromatic amines is 1. The molecule has 4 nitrogen and oxygen atoms in total. The molecule has 0 radical (unpaired) electrons. The molecule has 23 heavy (non-hydrogen) atoms. The fourth-order valence-corrected chi connectivity index (χ4v) is 2.72. The number of ether oxygens (including phenoxy) is 1. The highest BCUT2D eigenvalue weighted by Crippen LogP contribution is 2.29. The number of nitrogens with zero attached hydrogens (tertiary/aromatic N) is 1. The third kappa shape index (κ3) is 3.71. The first-order valence-corrected chi connectivity index (χ1v) is 7.95. The Morgan fingerprint density at radius 2 is 2.09 bits per heavy atom. The Bertz CT molecular complexity index is 816. The van der Waals surface area contributed by atoms with Crippen molar-refractivity contribution in [3.8, 4) is 5.75 Å².